The second-order valence-corrected chi connectivity index (χ2v) is 8.79. The van der Waals surface area contributed by atoms with Gasteiger partial charge in [-0.15, -0.1) is 0 Å². The highest BCUT2D eigenvalue weighted by atomic mass is 32.2. The smallest absolute Gasteiger partial charge is 0.255 e. The summed E-state index contributed by atoms with van der Waals surface area (Å²) in [6, 6.07) is 11.0. The van der Waals surface area contributed by atoms with E-state index in [0.29, 0.717) is 31.7 Å². The monoisotopic (exact) mass is 404 g/mol. The molecule has 3 rings (SSSR count). The van der Waals surface area contributed by atoms with Crippen molar-refractivity contribution in [1.29, 1.82) is 0 Å². The summed E-state index contributed by atoms with van der Waals surface area (Å²) in [6.45, 7) is 2.47. The number of methoxy groups -OCH3 is 1. The third-order valence-corrected chi connectivity index (χ3v) is 6.80. The number of ether oxygens (including phenoxy) is 1. The molecule has 2 aromatic carbocycles. The van der Waals surface area contributed by atoms with Crippen LogP contribution in [0.25, 0.3) is 0 Å². The van der Waals surface area contributed by atoms with Crippen LogP contribution in [0.4, 0.5) is 0 Å². The van der Waals surface area contributed by atoms with Crippen molar-refractivity contribution in [3.8, 4) is 11.5 Å². The highest BCUT2D eigenvalue weighted by Gasteiger charge is 2.30. The Labute approximate surface area is 165 Å². The first-order valence-electron chi connectivity index (χ1n) is 9.06. The molecule has 2 N–H and O–H groups in total. The van der Waals surface area contributed by atoms with Crippen molar-refractivity contribution in [2.45, 2.75) is 30.7 Å². The van der Waals surface area contributed by atoms with Crippen LogP contribution < -0.4 is 10.1 Å². The normalized spacial score (nSPS) is 15.9. The third-order valence-electron chi connectivity index (χ3n) is 4.88. The zero-order valence-corrected chi connectivity index (χ0v) is 16.7. The number of hydrogen-bond donors (Lipinski definition) is 2. The summed E-state index contributed by atoms with van der Waals surface area (Å²) in [7, 11) is -2.05. The molecule has 0 saturated carbocycles. The molecule has 0 atom stereocenters. The Bertz CT molecular complexity index is 949. The van der Waals surface area contributed by atoms with Gasteiger partial charge in [0.1, 0.15) is 11.5 Å². The molecule has 7 nitrogen and oxygen atoms in total. The summed E-state index contributed by atoms with van der Waals surface area (Å²) in [5.74, 6) is 0.186. The van der Waals surface area contributed by atoms with Crippen LogP contribution in [0.5, 0.6) is 11.5 Å². The van der Waals surface area contributed by atoms with Gasteiger partial charge in [0.2, 0.25) is 10.0 Å². The van der Waals surface area contributed by atoms with Gasteiger partial charge in [0, 0.05) is 19.1 Å². The zero-order valence-electron chi connectivity index (χ0n) is 15.9. The Morgan fingerprint density at radius 1 is 1.14 bits per heavy atom. The van der Waals surface area contributed by atoms with Crippen molar-refractivity contribution in [1.82, 2.24) is 9.62 Å². The number of carbonyl (C=O) groups is 1. The number of hydrogen-bond acceptors (Lipinski definition) is 5. The van der Waals surface area contributed by atoms with E-state index in [-0.39, 0.29) is 28.2 Å². The SMILES string of the molecule is COc1ccc(S(=O)(=O)N2CCC(NC(=O)c3ccc(C)cc3O)CC2)cc1. The number of sulfonamides is 1. The first-order chi connectivity index (χ1) is 13.3. The van der Waals surface area contributed by atoms with Gasteiger partial charge >= 0.3 is 0 Å². The molecule has 1 saturated heterocycles. The van der Waals surface area contributed by atoms with Crippen molar-refractivity contribution < 1.29 is 23.1 Å². The number of nitrogens with zero attached hydrogens (tertiary/aromatic N) is 1. The molecule has 8 heteroatoms. The van der Waals surface area contributed by atoms with Crippen LogP contribution in [0.2, 0.25) is 0 Å². The molecule has 1 fully saturated rings. The highest BCUT2D eigenvalue weighted by Crippen LogP contribution is 2.24. The van der Waals surface area contributed by atoms with E-state index in [9.17, 15) is 18.3 Å². The van der Waals surface area contributed by atoms with E-state index in [2.05, 4.69) is 5.32 Å². The fourth-order valence-electron chi connectivity index (χ4n) is 3.23. The molecular formula is C20H24N2O5S. The lowest BCUT2D eigenvalue weighted by molar-refractivity contribution is 0.0921. The van der Waals surface area contributed by atoms with Crippen LogP contribution in [0, 0.1) is 6.92 Å². The number of piperidine rings is 1. The Balaban J connectivity index is 1.61. The van der Waals surface area contributed by atoms with Gasteiger partial charge in [0.15, 0.2) is 0 Å². The number of phenols is 1. The number of carbonyl (C=O) groups excluding carboxylic acids is 1. The van der Waals surface area contributed by atoms with E-state index in [1.165, 1.54) is 23.5 Å². The second-order valence-electron chi connectivity index (χ2n) is 6.85. The Hall–Kier alpha value is -2.58. The largest absolute Gasteiger partial charge is 0.507 e. The summed E-state index contributed by atoms with van der Waals surface area (Å²) in [5.41, 5.74) is 1.09. The van der Waals surface area contributed by atoms with Gasteiger partial charge in [0.25, 0.3) is 5.91 Å². The standard InChI is InChI=1S/C20H24N2O5S/c1-14-3-8-18(19(23)13-14)20(24)21-15-9-11-22(12-10-15)28(25,26)17-6-4-16(27-2)5-7-17/h3-8,13,15,23H,9-12H2,1-2H3,(H,21,24). The predicted octanol–water partition coefficient (Wildman–Crippen LogP) is 2.29. The fraction of sp³-hybridized carbons (Fsp3) is 0.350. The van der Waals surface area contributed by atoms with Crippen LogP contribution in [0.1, 0.15) is 28.8 Å². The Kier molecular flexibility index (Phi) is 5.90. The predicted molar refractivity (Wildman–Crippen MR) is 105 cm³/mol. The molecule has 1 aliphatic rings. The van der Waals surface area contributed by atoms with E-state index in [1.807, 2.05) is 6.92 Å². The lowest BCUT2D eigenvalue weighted by Gasteiger charge is -2.31. The molecule has 1 heterocycles. The molecule has 0 aromatic heterocycles. The maximum Gasteiger partial charge on any atom is 0.255 e. The van der Waals surface area contributed by atoms with Crippen molar-refractivity contribution in [3.05, 3.63) is 53.6 Å². The van der Waals surface area contributed by atoms with Crippen LogP contribution >= 0.6 is 0 Å². The maximum atomic E-state index is 12.8. The van der Waals surface area contributed by atoms with Crippen molar-refractivity contribution >= 4 is 15.9 Å². The van der Waals surface area contributed by atoms with Gasteiger partial charge in [0.05, 0.1) is 17.6 Å². The highest BCUT2D eigenvalue weighted by molar-refractivity contribution is 7.89. The molecule has 0 unspecified atom stereocenters. The average molecular weight is 404 g/mol. The van der Waals surface area contributed by atoms with Crippen LogP contribution in [0.3, 0.4) is 0 Å². The van der Waals surface area contributed by atoms with Crippen molar-refractivity contribution in [2.75, 3.05) is 20.2 Å². The molecule has 28 heavy (non-hydrogen) atoms. The Morgan fingerprint density at radius 3 is 2.36 bits per heavy atom. The molecule has 0 spiro atoms. The number of rotatable bonds is 5. The van der Waals surface area contributed by atoms with Gasteiger partial charge in [-0.25, -0.2) is 8.42 Å². The number of benzene rings is 2. The average Bonchev–Trinajstić information content (AvgIpc) is 2.68. The first-order valence-corrected chi connectivity index (χ1v) is 10.5. The molecule has 1 aliphatic heterocycles. The van der Waals surface area contributed by atoms with Gasteiger partial charge < -0.3 is 15.2 Å². The molecule has 2 aromatic rings. The number of aromatic hydroxyl groups is 1. The minimum Gasteiger partial charge on any atom is -0.507 e. The number of phenolic OH excluding ortho intramolecular Hbond substituents is 1. The van der Waals surface area contributed by atoms with Gasteiger partial charge in [-0.1, -0.05) is 6.07 Å². The number of aryl methyl sites for hydroxylation is 1. The topological polar surface area (TPSA) is 95.9 Å². The number of amides is 1. The lowest BCUT2D eigenvalue weighted by Crippen LogP contribution is -2.46. The maximum absolute atomic E-state index is 12.8. The van der Waals surface area contributed by atoms with Crippen LogP contribution in [0.15, 0.2) is 47.4 Å². The van der Waals surface area contributed by atoms with Gasteiger partial charge in [-0.05, 0) is 61.7 Å². The van der Waals surface area contributed by atoms with E-state index >= 15 is 0 Å². The molecule has 0 bridgehead atoms. The lowest BCUT2D eigenvalue weighted by atomic mass is 10.1. The zero-order chi connectivity index (χ0) is 20.3. The fourth-order valence-corrected chi connectivity index (χ4v) is 4.70. The van der Waals surface area contributed by atoms with Crippen molar-refractivity contribution in [2.24, 2.45) is 0 Å². The van der Waals surface area contributed by atoms with E-state index < -0.39 is 10.0 Å². The van der Waals surface area contributed by atoms with Crippen molar-refractivity contribution in [3.63, 3.8) is 0 Å². The van der Waals surface area contributed by atoms with E-state index in [1.54, 1.807) is 30.3 Å². The first kappa shape index (κ1) is 20.2. The van der Waals surface area contributed by atoms with Gasteiger partial charge in [-0.3, -0.25) is 4.79 Å². The number of nitrogens with one attached hydrogen (secondary N) is 1. The minimum atomic E-state index is -3.58. The summed E-state index contributed by atoms with van der Waals surface area (Å²) >= 11 is 0. The quantitative estimate of drug-likeness (QED) is 0.797. The Morgan fingerprint density at radius 2 is 1.79 bits per heavy atom. The molecule has 0 radical (unpaired) electrons. The summed E-state index contributed by atoms with van der Waals surface area (Å²) in [5, 5.41) is 12.8. The molecule has 0 aliphatic carbocycles. The summed E-state index contributed by atoms with van der Waals surface area (Å²) in [6.07, 6.45) is 1.02. The van der Waals surface area contributed by atoms with Gasteiger partial charge in [-0.2, -0.15) is 4.31 Å². The molecular weight excluding hydrogens is 380 g/mol. The molecule has 150 valence electrons. The minimum absolute atomic E-state index is 0.0583. The third kappa shape index (κ3) is 4.28. The van der Waals surface area contributed by atoms with E-state index in [0.717, 1.165) is 5.56 Å². The molecule has 1 amide bonds. The summed E-state index contributed by atoms with van der Waals surface area (Å²) < 4.78 is 32.1. The van der Waals surface area contributed by atoms with Crippen LogP contribution in [-0.4, -0.2) is 50.0 Å². The van der Waals surface area contributed by atoms with E-state index in [4.69, 9.17) is 4.74 Å². The second kappa shape index (κ2) is 8.20. The summed E-state index contributed by atoms with van der Waals surface area (Å²) in [4.78, 5) is 12.6. The van der Waals surface area contributed by atoms with Crippen LogP contribution in [-0.2, 0) is 10.0 Å².